The molecule has 0 spiro atoms. The smallest absolute Gasteiger partial charge is 0.0180 e. The molecule has 0 bridgehead atoms. The second kappa shape index (κ2) is 5.29. The fourth-order valence-electron chi connectivity index (χ4n) is 0.491. The van der Waals surface area contributed by atoms with Gasteiger partial charge in [-0.1, -0.05) is 19.1 Å². The van der Waals surface area contributed by atoms with Gasteiger partial charge in [0.05, 0.1) is 0 Å². The number of hydrogen-bond donors (Lipinski definition) is 1. The minimum atomic E-state index is 1.06. The third-order valence-corrected chi connectivity index (χ3v) is 0.963. The first kappa shape index (κ1) is 8.15. The average Bonchev–Trinajstić information content (AvgIpc) is 1.85. The van der Waals surface area contributed by atoms with Crippen molar-refractivity contribution in [3.8, 4) is 0 Å². The van der Waals surface area contributed by atoms with E-state index in [2.05, 4.69) is 13.0 Å². The zero-order valence-corrected chi connectivity index (χ0v) is 6.02. The molecule has 0 fully saturated rings. The summed E-state index contributed by atoms with van der Waals surface area (Å²) in [6, 6.07) is 0. The van der Waals surface area contributed by atoms with E-state index in [0.29, 0.717) is 0 Å². The van der Waals surface area contributed by atoms with Gasteiger partial charge in [0.1, 0.15) is 0 Å². The van der Waals surface area contributed by atoms with E-state index in [1.54, 1.807) is 6.08 Å². The molecule has 0 heterocycles. The molecule has 9 heavy (non-hydrogen) atoms. The molecule has 0 radical (unpaired) electrons. The number of hydrogen-bond acceptors (Lipinski definition) is 1. The van der Waals surface area contributed by atoms with Gasteiger partial charge in [-0.15, -0.1) is 0 Å². The van der Waals surface area contributed by atoms with E-state index in [1.165, 1.54) is 6.21 Å². The Morgan fingerprint density at radius 2 is 2.22 bits per heavy atom. The molecule has 50 valence electrons. The first-order valence-electron chi connectivity index (χ1n) is 3.15. The molecule has 0 aromatic rings. The number of rotatable bonds is 3. The highest BCUT2D eigenvalue weighted by molar-refractivity contribution is 5.69. The summed E-state index contributed by atoms with van der Waals surface area (Å²) in [4.78, 5) is 0. The molecular weight excluding hydrogens is 110 g/mol. The van der Waals surface area contributed by atoms with Crippen molar-refractivity contribution in [3.63, 3.8) is 0 Å². The number of nitrogens with one attached hydrogen (secondary N) is 1. The van der Waals surface area contributed by atoms with Gasteiger partial charge in [-0.05, 0) is 25.0 Å². The predicted octanol–water partition coefficient (Wildman–Crippen LogP) is 2.55. The quantitative estimate of drug-likeness (QED) is 0.440. The second-order valence-corrected chi connectivity index (χ2v) is 1.89. The highest BCUT2D eigenvalue weighted by Crippen LogP contribution is 1.93. The van der Waals surface area contributed by atoms with Gasteiger partial charge in [0.2, 0.25) is 0 Å². The minimum Gasteiger partial charge on any atom is -0.309 e. The van der Waals surface area contributed by atoms with Crippen LogP contribution in [0.5, 0.6) is 0 Å². The molecule has 0 aromatic heterocycles. The Morgan fingerprint density at radius 1 is 1.56 bits per heavy atom. The Kier molecular flexibility index (Phi) is 4.79. The molecule has 0 aliphatic heterocycles. The van der Waals surface area contributed by atoms with Crippen molar-refractivity contribution < 1.29 is 0 Å². The van der Waals surface area contributed by atoms with Crippen LogP contribution in [-0.4, -0.2) is 6.21 Å². The van der Waals surface area contributed by atoms with Gasteiger partial charge < -0.3 is 5.41 Å². The van der Waals surface area contributed by atoms with Crippen LogP contribution in [0.25, 0.3) is 0 Å². The van der Waals surface area contributed by atoms with Crippen LogP contribution in [0.2, 0.25) is 0 Å². The predicted molar refractivity (Wildman–Crippen MR) is 42.0 cm³/mol. The lowest BCUT2D eigenvalue weighted by atomic mass is 10.2. The average molecular weight is 123 g/mol. The van der Waals surface area contributed by atoms with E-state index in [9.17, 15) is 0 Å². The third-order valence-electron chi connectivity index (χ3n) is 0.963. The van der Waals surface area contributed by atoms with Gasteiger partial charge in [0.25, 0.3) is 0 Å². The highest BCUT2D eigenvalue weighted by atomic mass is 14.3. The first-order valence-corrected chi connectivity index (χ1v) is 3.15. The highest BCUT2D eigenvalue weighted by Gasteiger charge is 1.74. The molecule has 1 heteroatoms. The topological polar surface area (TPSA) is 23.9 Å². The zero-order chi connectivity index (χ0) is 7.11. The molecule has 0 rings (SSSR count). The maximum Gasteiger partial charge on any atom is 0.0180 e. The lowest BCUT2D eigenvalue weighted by molar-refractivity contribution is 1.22. The zero-order valence-electron chi connectivity index (χ0n) is 6.02. The summed E-state index contributed by atoms with van der Waals surface area (Å²) in [6.45, 7) is 4.07. The Labute approximate surface area is 56.6 Å². The maximum atomic E-state index is 6.73. The van der Waals surface area contributed by atoms with Crippen LogP contribution < -0.4 is 0 Å². The lowest BCUT2D eigenvalue weighted by Crippen LogP contribution is -1.67. The molecule has 0 atom stereocenters. The fraction of sp³-hybridized carbons (Fsp3) is 0.375. The molecule has 0 amide bonds. The van der Waals surface area contributed by atoms with Crippen molar-refractivity contribution in [1.82, 2.24) is 0 Å². The Hall–Kier alpha value is -0.850. The van der Waals surface area contributed by atoms with Crippen LogP contribution in [-0.2, 0) is 0 Å². The summed E-state index contributed by atoms with van der Waals surface area (Å²) in [5.74, 6) is 0. The fourth-order valence-corrected chi connectivity index (χ4v) is 0.491. The van der Waals surface area contributed by atoms with Gasteiger partial charge in [0, 0.05) is 6.21 Å². The van der Waals surface area contributed by atoms with Crippen molar-refractivity contribution in [1.29, 1.82) is 5.41 Å². The molecule has 0 saturated heterocycles. The van der Waals surface area contributed by atoms with Crippen molar-refractivity contribution in [3.05, 3.63) is 23.8 Å². The molecule has 1 nitrogen and oxygen atoms in total. The van der Waals surface area contributed by atoms with E-state index >= 15 is 0 Å². The maximum absolute atomic E-state index is 6.73. The van der Waals surface area contributed by atoms with Crippen molar-refractivity contribution in [2.45, 2.75) is 20.3 Å². The molecular formula is C8H13N. The van der Waals surface area contributed by atoms with Crippen LogP contribution in [0, 0.1) is 5.41 Å². The van der Waals surface area contributed by atoms with E-state index < -0.39 is 0 Å². The summed E-state index contributed by atoms with van der Waals surface area (Å²) < 4.78 is 0. The van der Waals surface area contributed by atoms with Gasteiger partial charge in [-0.3, -0.25) is 0 Å². The van der Waals surface area contributed by atoms with Crippen LogP contribution in [0.15, 0.2) is 23.8 Å². The van der Waals surface area contributed by atoms with Crippen LogP contribution in [0.1, 0.15) is 20.3 Å². The molecule has 1 N–H and O–H groups in total. The lowest BCUT2D eigenvalue weighted by Gasteiger charge is -1.84. The summed E-state index contributed by atoms with van der Waals surface area (Å²) in [7, 11) is 0. The van der Waals surface area contributed by atoms with Crippen LogP contribution in [0.4, 0.5) is 0 Å². The van der Waals surface area contributed by atoms with Gasteiger partial charge >= 0.3 is 0 Å². The van der Waals surface area contributed by atoms with Crippen molar-refractivity contribution >= 4 is 6.21 Å². The second-order valence-electron chi connectivity index (χ2n) is 1.89. The van der Waals surface area contributed by atoms with Gasteiger partial charge in [0.15, 0.2) is 0 Å². The van der Waals surface area contributed by atoms with Gasteiger partial charge in [-0.2, -0.15) is 0 Å². The Balaban J connectivity index is 3.74. The van der Waals surface area contributed by atoms with Crippen LogP contribution >= 0.6 is 0 Å². The first-order chi connectivity index (χ1) is 4.31. The third kappa shape index (κ3) is 5.01. The SMILES string of the molecule is CC/C=C/C(C)=C\C=N. The molecule has 0 unspecified atom stereocenters. The summed E-state index contributed by atoms with van der Waals surface area (Å²) >= 11 is 0. The number of allylic oxidation sites excluding steroid dienone is 4. The van der Waals surface area contributed by atoms with E-state index in [1.807, 2.05) is 13.0 Å². The molecule has 0 aliphatic carbocycles. The Bertz CT molecular complexity index is 132. The minimum absolute atomic E-state index is 1.06. The molecule has 0 aliphatic rings. The van der Waals surface area contributed by atoms with Gasteiger partial charge in [-0.25, -0.2) is 0 Å². The summed E-state index contributed by atoms with van der Waals surface area (Å²) in [6.07, 6.45) is 8.23. The van der Waals surface area contributed by atoms with Crippen molar-refractivity contribution in [2.75, 3.05) is 0 Å². The Morgan fingerprint density at radius 3 is 2.67 bits per heavy atom. The summed E-state index contributed by atoms with van der Waals surface area (Å²) in [5.41, 5.74) is 1.13. The van der Waals surface area contributed by atoms with E-state index in [0.717, 1.165) is 12.0 Å². The van der Waals surface area contributed by atoms with Crippen molar-refractivity contribution in [2.24, 2.45) is 0 Å². The monoisotopic (exact) mass is 123 g/mol. The summed E-state index contributed by atoms with van der Waals surface area (Å²) in [5, 5.41) is 6.73. The van der Waals surface area contributed by atoms with Crippen LogP contribution in [0.3, 0.4) is 0 Å². The van der Waals surface area contributed by atoms with E-state index in [-0.39, 0.29) is 0 Å². The standard InChI is InChI=1S/C8H13N/c1-3-4-5-8(2)6-7-9/h4-7,9H,3H2,1-2H3/b5-4+,8-6-,9-7?. The largest absolute Gasteiger partial charge is 0.309 e. The normalized spacial score (nSPS) is 12.4. The molecule has 0 aromatic carbocycles. The molecule has 0 saturated carbocycles. The van der Waals surface area contributed by atoms with E-state index in [4.69, 9.17) is 5.41 Å².